The Morgan fingerprint density at radius 2 is 2.25 bits per heavy atom. The van der Waals surface area contributed by atoms with Crippen LogP contribution in [0.3, 0.4) is 0 Å². The second kappa shape index (κ2) is 3.31. The van der Waals surface area contributed by atoms with Gasteiger partial charge in [-0.1, -0.05) is 11.2 Å². The molecule has 0 fully saturated rings. The largest absolute Gasteiger partial charge is 0.394 e. The first-order chi connectivity index (χ1) is 7.75. The number of anilines is 1. The molecule has 3 aromatic rings. The van der Waals surface area contributed by atoms with Crippen molar-refractivity contribution in [3.05, 3.63) is 36.3 Å². The molecule has 3 rings (SSSR count). The number of nitrogen functional groups attached to an aromatic ring is 1. The molecule has 0 radical (unpaired) electrons. The maximum Gasteiger partial charge on any atom is 0.199 e. The maximum absolute atomic E-state index is 13.5. The molecular formula is C11H7FN2OS. The topological polar surface area (TPSA) is 52.0 Å². The van der Waals surface area contributed by atoms with E-state index in [0.717, 1.165) is 9.58 Å². The van der Waals surface area contributed by atoms with E-state index >= 15 is 0 Å². The molecule has 0 aliphatic carbocycles. The first-order valence-electron chi connectivity index (χ1n) is 4.64. The fourth-order valence-electron chi connectivity index (χ4n) is 1.57. The minimum absolute atomic E-state index is 0.238. The molecule has 0 unspecified atom stereocenters. The number of halogens is 1. The third kappa shape index (κ3) is 1.29. The van der Waals surface area contributed by atoms with Crippen molar-refractivity contribution in [3.63, 3.8) is 0 Å². The number of aromatic nitrogens is 1. The summed E-state index contributed by atoms with van der Waals surface area (Å²) in [5, 5.41) is 4.19. The Morgan fingerprint density at radius 3 is 2.94 bits per heavy atom. The van der Waals surface area contributed by atoms with E-state index in [-0.39, 0.29) is 5.82 Å². The smallest absolute Gasteiger partial charge is 0.199 e. The fraction of sp³-hybridized carbons (Fsp3) is 0. The molecule has 80 valence electrons. The van der Waals surface area contributed by atoms with E-state index < -0.39 is 0 Å². The number of fused-ring (bicyclic) bond motifs is 1. The van der Waals surface area contributed by atoms with Crippen molar-refractivity contribution in [2.24, 2.45) is 0 Å². The standard InChI is InChI=1S/C11H7FN2OS/c12-7-2-1-3-9-6(7)4-10(16-9)11-8(13)5-14-15-11/h1-5H,13H2. The number of rotatable bonds is 1. The number of nitrogens with zero attached hydrogens (tertiary/aromatic N) is 1. The van der Waals surface area contributed by atoms with Crippen LogP contribution in [0.25, 0.3) is 20.7 Å². The van der Waals surface area contributed by atoms with Crippen molar-refractivity contribution in [1.82, 2.24) is 5.16 Å². The van der Waals surface area contributed by atoms with Gasteiger partial charge in [0.25, 0.3) is 0 Å². The lowest BCUT2D eigenvalue weighted by molar-refractivity contribution is 0.433. The molecule has 0 saturated heterocycles. The van der Waals surface area contributed by atoms with E-state index in [1.54, 1.807) is 12.1 Å². The minimum Gasteiger partial charge on any atom is -0.394 e. The second-order valence-electron chi connectivity index (χ2n) is 3.37. The number of hydrogen-bond donors (Lipinski definition) is 1. The summed E-state index contributed by atoms with van der Waals surface area (Å²) in [6.45, 7) is 0. The van der Waals surface area contributed by atoms with Crippen molar-refractivity contribution in [2.45, 2.75) is 0 Å². The molecule has 0 amide bonds. The van der Waals surface area contributed by atoms with E-state index in [4.69, 9.17) is 10.3 Å². The van der Waals surface area contributed by atoms with Gasteiger partial charge in [-0.25, -0.2) is 4.39 Å². The normalized spacial score (nSPS) is 11.1. The predicted octanol–water partition coefficient (Wildman–Crippen LogP) is 3.28. The summed E-state index contributed by atoms with van der Waals surface area (Å²) >= 11 is 1.43. The molecule has 1 aromatic carbocycles. The maximum atomic E-state index is 13.5. The Morgan fingerprint density at radius 1 is 1.38 bits per heavy atom. The Bertz CT molecular complexity index is 659. The highest BCUT2D eigenvalue weighted by molar-refractivity contribution is 7.22. The number of benzene rings is 1. The van der Waals surface area contributed by atoms with Crippen molar-refractivity contribution in [2.75, 3.05) is 5.73 Å². The number of hydrogen-bond acceptors (Lipinski definition) is 4. The molecule has 2 aromatic heterocycles. The van der Waals surface area contributed by atoms with E-state index in [2.05, 4.69) is 5.16 Å². The number of thiophene rings is 1. The molecule has 2 heterocycles. The summed E-state index contributed by atoms with van der Waals surface area (Å²) in [5.74, 6) is 0.263. The summed E-state index contributed by atoms with van der Waals surface area (Å²) in [7, 11) is 0. The van der Waals surface area contributed by atoms with Crippen molar-refractivity contribution in [1.29, 1.82) is 0 Å². The van der Waals surface area contributed by atoms with E-state index in [1.807, 2.05) is 6.07 Å². The second-order valence-corrected chi connectivity index (χ2v) is 4.46. The van der Waals surface area contributed by atoms with Crippen LogP contribution < -0.4 is 5.73 Å². The van der Waals surface area contributed by atoms with Crippen LogP contribution in [0.15, 0.2) is 35.0 Å². The summed E-state index contributed by atoms with van der Waals surface area (Å²) < 4.78 is 19.4. The molecule has 3 nitrogen and oxygen atoms in total. The van der Waals surface area contributed by atoms with Gasteiger partial charge >= 0.3 is 0 Å². The highest BCUT2D eigenvalue weighted by atomic mass is 32.1. The predicted molar refractivity (Wildman–Crippen MR) is 61.7 cm³/mol. The lowest BCUT2D eigenvalue weighted by Gasteiger charge is -1.88. The molecule has 16 heavy (non-hydrogen) atoms. The quantitative estimate of drug-likeness (QED) is 0.703. The third-order valence-electron chi connectivity index (χ3n) is 2.33. The fourth-order valence-corrected chi connectivity index (χ4v) is 2.65. The third-order valence-corrected chi connectivity index (χ3v) is 3.43. The Labute approximate surface area is 94.3 Å². The molecule has 0 saturated carbocycles. The van der Waals surface area contributed by atoms with Crippen LogP contribution in [0, 0.1) is 5.82 Å². The zero-order valence-corrected chi connectivity index (χ0v) is 8.92. The lowest BCUT2D eigenvalue weighted by Crippen LogP contribution is -1.81. The van der Waals surface area contributed by atoms with Gasteiger partial charge in [0.15, 0.2) is 5.76 Å². The van der Waals surface area contributed by atoms with Crippen molar-refractivity contribution in [3.8, 4) is 10.6 Å². The van der Waals surface area contributed by atoms with Crippen LogP contribution in [-0.2, 0) is 0 Å². The summed E-state index contributed by atoms with van der Waals surface area (Å²) in [5.41, 5.74) is 6.15. The van der Waals surface area contributed by atoms with Crippen LogP contribution in [0.1, 0.15) is 0 Å². The number of nitrogens with two attached hydrogens (primary N) is 1. The van der Waals surface area contributed by atoms with Crippen LogP contribution in [0.4, 0.5) is 10.1 Å². The average molecular weight is 234 g/mol. The van der Waals surface area contributed by atoms with Crippen molar-refractivity contribution < 1.29 is 8.91 Å². The Kier molecular flexibility index (Phi) is 1.94. The molecule has 5 heteroatoms. The first kappa shape index (κ1) is 9.35. The highest BCUT2D eigenvalue weighted by Gasteiger charge is 2.13. The van der Waals surface area contributed by atoms with Gasteiger partial charge in [-0.15, -0.1) is 11.3 Å². The molecule has 2 N–H and O–H groups in total. The van der Waals surface area contributed by atoms with Gasteiger partial charge in [0, 0.05) is 10.1 Å². The van der Waals surface area contributed by atoms with Gasteiger partial charge in [0.2, 0.25) is 0 Å². The minimum atomic E-state index is -0.238. The van der Waals surface area contributed by atoms with Crippen LogP contribution >= 0.6 is 11.3 Å². The molecule has 0 spiro atoms. The molecule has 0 aliphatic rings. The monoisotopic (exact) mass is 234 g/mol. The van der Waals surface area contributed by atoms with Gasteiger partial charge < -0.3 is 10.3 Å². The average Bonchev–Trinajstić information content (AvgIpc) is 2.84. The zero-order valence-electron chi connectivity index (χ0n) is 8.11. The summed E-state index contributed by atoms with van der Waals surface area (Å²) in [6.07, 6.45) is 1.44. The molecule has 0 aliphatic heterocycles. The zero-order chi connectivity index (χ0) is 11.1. The van der Waals surface area contributed by atoms with Crippen molar-refractivity contribution >= 4 is 27.1 Å². The summed E-state index contributed by atoms with van der Waals surface area (Å²) in [4.78, 5) is 0.787. The van der Waals surface area contributed by atoms with Crippen LogP contribution in [0.5, 0.6) is 0 Å². The van der Waals surface area contributed by atoms with Gasteiger partial charge in [-0.05, 0) is 18.2 Å². The highest BCUT2D eigenvalue weighted by Crippen LogP contribution is 2.36. The van der Waals surface area contributed by atoms with E-state index in [9.17, 15) is 4.39 Å². The van der Waals surface area contributed by atoms with Crippen LogP contribution in [0.2, 0.25) is 0 Å². The van der Waals surface area contributed by atoms with Gasteiger partial charge in [-0.2, -0.15) is 0 Å². The van der Waals surface area contributed by atoms with Crippen LogP contribution in [-0.4, -0.2) is 5.16 Å². The lowest BCUT2D eigenvalue weighted by atomic mass is 10.2. The Hall–Kier alpha value is -1.88. The van der Waals surface area contributed by atoms with E-state index in [0.29, 0.717) is 16.8 Å². The van der Waals surface area contributed by atoms with E-state index in [1.165, 1.54) is 23.6 Å². The molecule has 0 bridgehead atoms. The SMILES string of the molecule is Nc1cnoc1-c1cc2c(F)cccc2s1. The van der Waals surface area contributed by atoms with Gasteiger partial charge in [0.1, 0.15) is 11.5 Å². The summed E-state index contributed by atoms with van der Waals surface area (Å²) in [6, 6.07) is 6.70. The molecular weight excluding hydrogens is 227 g/mol. The Balaban J connectivity index is 2.27. The van der Waals surface area contributed by atoms with Gasteiger partial charge in [-0.3, -0.25) is 0 Å². The molecule has 0 atom stereocenters. The first-order valence-corrected chi connectivity index (χ1v) is 5.46. The van der Waals surface area contributed by atoms with Gasteiger partial charge in [0.05, 0.1) is 11.1 Å².